The van der Waals surface area contributed by atoms with Crippen LogP contribution in [-0.2, 0) is 9.53 Å². The van der Waals surface area contributed by atoms with E-state index in [1.165, 1.54) is 16.1 Å². The normalized spacial score (nSPS) is 22.3. The molecule has 128 valence electrons. The van der Waals surface area contributed by atoms with E-state index in [1.54, 1.807) is 11.3 Å². The molecule has 3 heterocycles. The summed E-state index contributed by atoms with van der Waals surface area (Å²) in [6, 6.07) is 8.70. The highest BCUT2D eigenvalue weighted by molar-refractivity contribution is 7.18. The molecule has 0 bridgehead atoms. The number of nitrogens with zero attached hydrogens (tertiary/aromatic N) is 3. The molecule has 24 heavy (non-hydrogen) atoms. The molecule has 0 aliphatic carbocycles. The van der Waals surface area contributed by atoms with E-state index in [4.69, 9.17) is 9.72 Å². The van der Waals surface area contributed by atoms with Gasteiger partial charge < -0.3 is 9.64 Å². The van der Waals surface area contributed by atoms with Crippen molar-refractivity contribution in [2.24, 2.45) is 0 Å². The van der Waals surface area contributed by atoms with Crippen molar-refractivity contribution in [2.45, 2.75) is 25.3 Å². The molecule has 4 rings (SSSR count). The first kappa shape index (κ1) is 16.0. The van der Waals surface area contributed by atoms with Crippen LogP contribution in [0.2, 0.25) is 0 Å². The summed E-state index contributed by atoms with van der Waals surface area (Å²) in [6.45, 7) is 4.71. The number of benzene rings is 1. The van der Waals surface area contributed by atoms with Crippen LogP contribution in [0.4, 0.5) is 0 Å². The lowest BCUT2D eigenvalue weighted by Gasteiger charge is -2.28. The Balaban J connectivity index is 1.40. The van der Waals surface area contributed by atoms with Gasteiger partial charge >= 0.3 is 0 Å². The van der Waals surface area contributed by atoms with Gasteiger partial charge in [0, 0.05) is 26.1 Å². The Hall–Kier alpha value is -1.50. The summed E-state index contributed by atoms with van der Waals surface area (Å²) in [5.74, 6) is 0.258. The van der Waals surface area contributed by atoms with Gasteiger partial charge in [-0.15, -0.1) is 11.3 Å². The summed E-state index contributed by atoms with van der Waals surface area (Å²) in [4.78, 5) is 21.6. The smallest absolute Gasteiger partial charge is 0.224 e. The first-order valence-electron chi connectivity index (χ1n) is 8.76. The lowest BCUT2D eigenvalue weighted by Crippen LogP contribution is -2.42. The number of aromatic nitrogens is 1. The molecular weight excluding hydrogens is 322 g/mol. The molecule has 1 unspecified atom stereocenters. The first-order valence-corrected chi connectivity index (χ1v) is 9.58. The minimum atomic E-state index is 0.258. The largest absolute Gasteiger partial charge is 0.378 e. The van der Waals surface area contributed by atoms with E-state index >= 15 is 0 Å². The number of carbonyl (C=O) groups is 1. The number of para-hydroxylation sites is 1. The number of carbonyl (C=O) groups excluding carboxylic acids is 1. The Morgan fingerprint density at radius 3 is 2.92 bits per heavy atom. The number of hydrogen-bond acceptors (Lipinski definition) is 5. The Morgan fingerprint density at radius 2 is 2.08 bits per heavy atom. The van der Waals surface area contributed by atoms with Crippen LogP contribution in [0.1, 0.15) is 30.3 Å². The van der Waals surface area contributed by atoms with Crippen molar-refractivity contribution in [3.05, 3.63) is 29.3 Å². The fraction of sp³-hybridized carbons (Fsp3) is 0.556. The number of likely N-dealkylation sites (tertiary alicyclic amines) is 1. The van der Waals surface area contributed by atoms with Crippen molar-refractivity contribution in [3.8, 4) is 0 Å². The van der Waals surface area contributed by atoms with Crippen LogP contribution in [0.5, 0.6) is 0 Å². The van der Waals surface area contributed by atoms with E-state index in [-0.39, 0.29) is 5.91 Å². The van der Waals surface area contributed by atoms with Gasteiger partial charge in [-0.05, 0) is 31.5 Å². The third-order valence-electron chi connectivity index (χ3n) is 4.94. The molecule has 1 aromatic carbocycles. The molecule has 0 N–H and O–H groups in total. The summed E-state index contributed by atoms with van der Waals surface area (Å²) in [5, 5.41) is 1.20. The van der Waals surface area contributed by atoms with E-state index in [0.717, 1.165) is 38.1 Å². The maximum Gasteiger partial charge on any atom is 0.224 e. The van der Waals surface area contributed by atoms with Crippen LogP contribution in [0.25, 0.3) is 10.2 Å². The van der Waals surface area contributed by atoms with Crippen molar-refractivity contribution in [3.63, 3.8) is 0 Å². The molecule has 1 aromatic heterocycles. The average molecular weight is 345 g/mol. The lowest BCUT2D eigenvalue weighted by molar-refractivity contribution is -0.135. The molecule has 2 aliphatic heterocycles. The predicted molar refractivity (Wildman–Crippen MR) is 95.2 cm³/mol. The number of hydrogen-bond donors (Lipinski definition) is 0. The zero-order chi connectivity index (χ0) is 16.4. The molecule has 5 nitrogen and oxygen atoms in total. The van der Waals surface area contributed by atoms with Crippen LogP contribution >= 0.6 is 11.3 Å². The van der Waals surface area contributed by atoms with Gasteiger partial charge in [0.25, 0.3) is 0 Å². The monoisotopic (exact) mass is 345 g/mol. The molecule has 1 amide bonds. The molecule has 2 fully saturated rings. The molecule has 1 atom stereocenters. The fourth-order valence-electron chi connectivity index (χ4n) is 3.62. The lowest BCUT2D eigenvalue weighted by atomic mass is 10.2. The third kappa shape index (κ3) is 3.31. The van der Waals surface area contributed by atoms with Gasteiger partial charge in [0.1, 0.15) is 5.01 Å². The molecule has 0 radical (unpaired) electrons. The Kier molecular flexibility index (Phi) is 4.78. The van der Waals surface area contributed by atoms with Crippen molar-refractivity contribution < 1.29 is 9.53 Å². The molecule has 2 aromatic rings. The predicted octanol–water partition coefficient (Wildman–Crippen LogP) is 2.68. The summed E-state index contributed by atoms with van der Waals surface area (Å²) in [5.41, 5.74) is 1.09. The number of rotatable bonds is 4. The van der Waals surface area contributed by atoms with Crippen molar-refractivity contribution in [1.82, 2.24) is 14.8 Å². The van der Waals surface area contributed by atoms with Gasteiger partial charge in [-0.2, -0.15) is 0 Å². The number of amides is 1. The average Bonchev–Trinajstić information content (AvgIpc) is 3.26. The van der Waals surface area contributed by atoms with Gasteiger partial charge in [0.05, 0.1) is 29.5 Å². The van der Waals surface area contributed by atoms with Crippen LogP contribution in [0, 0.1) is 0 Å². The van der Waals surface area contributed by atoms with E-state index in [1.807, 2.05) is 11.0 Å². The first-order chi connectivity index (χ1) is 11.8. The van der Waals surface area contributed by atoms with Crippen LogP contribution in [0.15, 0.2) is 24.3 Å². The van der Waals surface area contributed by atoms with E-state index in [0.29, 0.717) is 25.7 Å². The second-order valence-corrected chi connectivity index (χ2v) is 7.52. The number of morpholine rings is 1. The van der Waals surface area contributed by atoms with Crippen molar-refractivity contribution in [1.29, 1.82) is 0 Å². The van der Waals surface area contributed by atoms with Crippen LogP contribution in [0.3, 0.4) is 0 Å². The molecule has 2 saturated heterocycles. The molecule has 0 saturated carbocycles. The van der Waals surface area contributed by atoms with Gasteiger partial charge in [0.15, 0.2) is 0 Å². The second-order valence-electron chi connectivity index (χ2n) is 6.46. The zero-order valence-electron chi connectivity index (χ0n) is 13.8. The maximum atomic E-state index is 12.4. The number of ether oxygens (including phenoxy) is 1. The van der Waals surface area contributed by atoms with Crippen molar-refractivity contribution >= 4 is 27.5 Å². The van der Waals surface area contributed by atoms with Gasteiger partial charge in [0.2, 0.25) is 5.91 Å². The van der Waals surface area contributed by atoms with E-state index < -0.39 is 0 Å². The number of fused-ring (bicyclic) bond motifs is 1. The SMILES string of the molecule is O=C(CCN1CCCC1c1nc2ccccc2s1)N1CCOCC1. The summed E-state index contributed by atoms with van der Waals surface area (Å²) < 4.78 is 6.57. The Morgan fingerprint density at radius 1 is 1.25 bits per heavy atom. The van der Waals surface area contributed by atoms with E-state index in [2.05, 4.69) is 23.1 Å². The molecule has 0 spiro atoms. The van der Waals surface area contributed by atoms with Gasteiger partial charge in [-0.25, -0.2) is 4.98 Å². The Bertz CT molecular complexity index is 678. The minimum Gasteiger partial charge on any atom is -0.378 e. The van der Waals surface area contributed by atoms with Crippen LogP contribution < -0.4 is 0 Å². The van der Waals surface area contributed by atoms with Crippen molar-refractivity contribution in [2.75, 3.05) is 39.4 Å². The highest BCUT2D eigenvalue weighted by Crippen LogP contribution is 2.36. The molecular formula is C18H23N3O2S. The number of thiazole rings is 1. The topological polar surface area (TPSA) is 45.7 Å². The fourth-order valence-corrected chi connectivity index (χ4v) is 4.75. The second kappa shape index (κ2) is 7.17. The van der Waals surface area contributed by atoms with Crippen LogP contribution in [-0.4, -0.2) is 60.1 Å². The molecule has 2 aliphatic rings. The Labute approximate surface area is 146 Å². The molecule has 6 heteroatoms. The van der Waals surface area contributed by atoms with E-state index in [9.17, 15) is 4.79 Å². The standard InChI is InChI=1S/C18H23N3O2S/c22-17(21-10-12-23-13-11-21)7-9-20-8-3-5-15(20)18-19-14-4-1-2-6-16(14)24-18/h1-2,4,6,15H,3,5,7-13H2. The van der Waals surface area contributed by atoms with Gasteiger partial charge in [-0.1, -0.05) is 12.1 Å². The highest BCUT2D eigenvalue weighted by atomic mass is 32.1. The quantitative estimate of drug-likeness (QED) is 0.855. The summed E-state index contributed by atoms with van der Waals surface area (Å²) in [6.07, 6.45) is 2.93. The summed E-state index contributed by atoms with van der Waals surface area (Å²) in [7, 11) is 0. The minimum absolute atomic E-state index is 0.258. The zero-order valence-corrected chi connectivity index (χ0v) is 14.6. The third-order valence-corrected chi connectivity index (χ3v) is 6.07. The maximum absolute atomic E-state index is 12.4. The van der Waals surface area contributed by atoms with Gasteiger partial charge in [-0.3, -0.25) is 9.69 Å². The highest BCUT2D eigenvalue weighted by Gasteiger charge is 2.29. The summed E-state index contributed by atoms with van der Waals surface area (Å²) >= 11 is 1.80.